The number of aromatic nitrogens is 1. The molecule has 4 rings (SSSR count). The highest BCUT2D eigenvalue weighted by Gasteiger charge is 2.58. The van der Waals surface area contributed by atoms with E-state index in [9.17, 15) is 4.79 Å². The molecule has 3 aliphatic rings. The molecule has 0 saturated carbocycles. The third-order valence-electron chi connectivity index (χ3n) is 4.15. The van der Waals surface area contributed by atoms with E-state index in [1.54, 1.807) is 0 Å². The zero-order valence-electron chi connectivity index (χ0n) is 9.83. The minimum Gasteiger partial charge on any atom is -0.370 e. The summed E-state index contributed by atoms with van der Waals surface area (Å²) in [5.41, 5.74) is 6.88. The van der Waals surface area contributed by atoms with E-state index in [0.717, 1.165) is 34.0 Å². The lowest BCUT2D eigenvalue weighted by Gasteiger charge is -2.42. The first-order valence-electron chi connectivity index (χ1n) is 6.05. The summed E-state index contributed by atoms with van der Waals surface area (Å²) in [5.74, 6) is 0.411. The smallest absolute Gasteiger partial charge is 0.272 e. The van der Waals surface area contributed by atoms with Crippen molar-refractivity contribution in [2.45, 2.75) is 24.5 Å². The van der Waals surface area contributed by atoms with Gasteiger partial charge in [0, 0.05) is 12.1 Å². The zero-order chi connectivity index (χ0) is 13.4. The van der Waals surface area contributed by atoms with Crippen LogP contribution in [0.4, 0.5) is 0 Å². The SMILES string of the molecule is NC1=N[C@H]2c3c([nH]c(Br)c3Br)C(=O)N3CCC[C@]23N1. The van der Waals surface area contributed by atoms with Gasteiger partial charge in [-0.25, -0.2) is 4.99 Å². The van der Waals surface area contributed by atoms with Crippen molar-refractivity contribution in [1.82, 2.24) is 15.2 Å². The van der Waals surface area contributed by atoms with Crippen molar-refractivity contribution in [2.24, 2.45) is 10.7 Å². The predicted molar refractivity (Wildman–Crippen MR) is 76.7 cm³/mol. The van der Waals surface area contributed by atoms with Gasteiger partial charge in [-0.05, 0) is 44.7 Å². The van der Waals surface area contributed by atoms with Crippen LogP contribution in [0.2, 0.25) is 0 Å². The number of carbonyl (C=O) groups is 1. The molecule has 1 spiro atoms. The van der Waals surface area contributed by atoms with Crippen molar-refractivity contribution >= 4 is 43.7 Å². The van der Waals surface area contributed by atoms with Crippen molar-refractivity contribution in [3.63, 3.8) is 0 Å². The molecule has 1 amide bonds. The Kier molecular flexibility index (Phi) is 2.20. The van der Waals surface area contributed by atoms with E-state index in [1.165, 1.54) is 0 Å². The molecule has 8 heteroatoms. The molecule has 2 atom stereocenters. The first kappa shape index (κ1) is 11.8. The second-order valence-electron chi connectivity index (χ2n) is 5.07. The van der Waals surface area contributed by atoms with Gasteiger partial charge in [-0.1, -0.05) is 0 Å². The largest absolute Gasteiger partial charge is 0.370 e. The van der Waals surface area contributed by atoms with E-state index < -0.39 is 5.66 Å². The molecule has 3 aliphatic heterocycles. The maximum atomic E-state index is 12.6. The third-order valence-corrected chi connectivity index (χ3v) is 6.10. The molecule has 0 aliphatic carbocycles. The Hall–Kier alpha value is -1.02. The second-order valence-corrected chi connectivity index (χ2v) is 6.65. The van der Waals surface area contributed by atoms with Gasteiger partial charge in [0.05, 0.1) is 9.08 Å². The fourth-order valence-corrected chi connectivity index (χ4v) is 4.36. The number of carbonyl (C=O) groups excluding carboxylic acids is 1. The molecule has 0 bridgehead atoms. The number of nitrogens with one attached hydrogen (secondary N) is 2. The van der Waals surface area contributed by atoms with Gasteiger partial charge in [-0.3, -0.25) is 4.79 Å². The minimum atomic E-state index is -0.474. The van der Waals surface area contributed by atoms with Crippen molar-refractivity contribution in [1.29, 1.82) is 0 Å². The van der Waals surface area contributed by atoms with Crippen molar-refractivity contribution in [3.8, 4) is 0 Å². The average molecular weight is 389 g/mol. The summed E-state index contributed by atoms with van der Waals surface area (Å²) >= 11 is 6.95. The Morgan fingerprint density at radius 1 is 1.47 bits per heavy atom. The molecule has 100 valence electrons. The lowest BCUT2D eigenvalue weighted by molar-refractivity contribution is 0.0464. The van der Waals surface area contributed by atoms with Crippen LogP contribution in [-0.4, -0.2) is 34.0 Å². The van der Waals surface area contributed by atoms with Crippen LogP contribution in [0.5, 0.6) is 0 Å². The van der Waals surface area contributed by atoms with E-state index in [-0.39, 0.29) is 11.9 Å². The Morgan fingerprint density at radius 3 is 3.05 bits per heavy atom. The van der Waals surface area contributed by atoms with Gasteiger partial charge in [-0.15, -0.1) is 0 Å². The summed E-state index contributed by atoms with van der Waals surface area (Å²) in [4.78, 5) is 22.1. The first-order chi connectivity index (χ1) is 9.04. The minimum absolute atomic E-state index is 0.00699. The van der Waals surface area contributed by atoms with Crippen molar-refractivity contribution < 1.29 is 4.79 Å². The van der Waals surface area contributed by atoms with Gasteiger partial charge in [0.25, 0.3) is 5.91 Å². The van der Waals surface area contributed by atoms with E-state index >= 15 is 0 Å². The van der Waals surface area contributed by atoms with Crippen LogP contribution in [0.3, 0.4) is 0 Å². The average Bonchev–Trinajstić information content (AvgIpc) is 2.99. The summed E-state index contributed by atoms with van der Waals surface area (Å²) in [6, 6.07) is -0.153. The summed E-state index contributed by atoms with van der Waals surface area (Å²) in [5, 5.41) is 3.22. The number of aromatic amines is 1. The fourth-order valence-electron chi connectivity index (χ4n) is 3.43. The quantitative estimate of drug-likeness (QED) is 0.628. The van der Waals surface area contributed by atoms with Crippen molar-refractivity contribution in [2.75, 3.05) is 6.54 Å². The van der Waals surface area contributed by atoms with E-state index in [0.29, 0.717) is 11.7 Å². The number of amides is 1. The van der Waals surface area contributed by atoms with E-state index in [2.05, 4.69) is 47.2 Å². The molecule has 1 fully saturated rings. The number of nitrogens with zero attached hydrogens (tertiary/aromatic N) is 2. The Morgan fingerprint density at radius 2 is 2.26 bits per heavy atom. The Balaban J connectivity index is 2.01. The number of H-pyrrole nitrogens is 1. The standard InChI is InChI=1S/C11H11Br2N5O/c12-5-4-6(15-8(5)13)9(19)18-3-1-2-11(18)7(4)16-10(14)17-11/h7,15H,1-3H2,(H3,14,16,17)/t7-,11+/m0/s1. The number of halogens is 2. The maximum absolute atomic E-state index is 12.6. The van der Waals surface area contributed by atoms with Gasteiger partial charge in [-0.2, -0.15) is 0 Å². The molecule has 1 aromatic rings. The normalized spacial score (nSPS) is 31.7. The second kappa shape index (κ2) is 3.54. The molecule has 0 aromatic carbocycles. The van der Waals surface area contributed by atoms with Crippen LogP contribution >= 0.6 is 31.9 Å². The summed E-state index contributed by atoms with van der Waals surface area (Å²) in [6.07, 6.45) is 1.82. The van der Waals surface area contributed by atoms with Gasteiger partial charge in [0.15, 0.2) is 5.96 Å². The van der Waals surface area contributed by atoms with Gasteiger partial charge in [0.2, 0.25) is 0 Å². The first-order valence-corrected chi connectivity index (χ1v) is 7.63. The molecule has 1 aromatic heterocycles. The number of nitrogens with two attached hydrogens (primary N) is 1. The predicted octanol–water partition coefficient (Wildman–Crippen LogP) is 1.44. The number of hydrogen-bond donors (Lipinski definition) is 3. The number of fused-ring (bicyclic) bond motifs is 2. The lowest BCUT2D eigenvalue weighted by atomic mass is 9.88. The summed E-state index contributed by atoms with van der Waals surface area (Å²) < 4.78 is 1.62. The highest BCUT2D eigenvalue weighted by molar-refractivity contribution is 9.13. The fraction of sp³-hybridized carbons (Fsp3) is 0.455. The molecular formula is C11H11Br2N5O. The number of guanidine groups is 1. The Bertz CT molecular complexity index is 639. The molecular weight excluding hydrogens is 378 g/mol. The molecule has 19 heavy (non-hydrogen) atoms. The van der Waals surface area contributed by atoms with E-state index in [1.807, 2.05) is 4.90 Å². The van der Waals surface area contributed by atoms with Crippen LogP contribution in [0.25, 0.3) is 0 Å². The third kappa shape index (κ3) is 1.26. The van der Waals surface area contributed by atoms with Gasteiger partial charge in [0.1, 0.15) is 17.4 Å². The molecule has 4 N–H and O–H groups in total. The zero-order valence-corrected chi connectivity index (χ0v) is 13.0. The highest BCUT2D eigenvalue weighted by Crippen LogP contribution is 2.51. The molecule has 0 radical (unpaired) electrons. The van der Waals surface area contributed by atoms with Gasteiger partial charge < -0.3 is 20.9 Å². The van der Waals surface area contributed by atoms with E-state index in [4.69, 9.17) is 5.73 Å². The van der Waals surface area contributed by atoms with Gasteiger partial charge >= 0.3 is 0 Å². The van der Waals surface area contributed by atoms with Crippen LogP contribution in [0, 0.1) is 0 Å². The number of aliphatic imine (C=N–C) groups is 1. The highest BCUT2D eigenvalue weighted by atomic mass is 79.9. The monoisotopic (exact) mass is 387 g/mol. The molecule has 1 saturated heterocycles. The summed E-state index contributed by atoms with van der Waals surface area (Å²) in [7, 11) is 0. The molecule has 0 unspecified atom stereocenters. The van der Waals surface area contributed by atoms with Crippen LogP contribution in [0.15, 0.2) is 14.1 Å². The molecule has 4 heterocycles. The van der Waals surface area contributed by atoms with Crippen LogP contribution in [0.1, 0.15) is 34.9 Å². The number of rotatable bonds is 0. The Labute approximate surface area is 126 Å². The lowest BCUT2D eigenvalue weighted by Crippen LogP contribution is -2.61. The topological polar surface area (TPSA) is 86.5 Å². The van der Waals surface area contributed by atoms with Crippen LogP contribution in [-0.2, 0) is 0 Å². The van der Waals surface area contributed by atoms with Crippen molar-refractivity contribution in [3.05, 3.63) is 20.3 Å². The summed E-state index contributed by atoms with van der Waals surface area (Å²) in [6.45, 7) is 0.735. The van der Waals surface area contributed by atoms with Crippen LogP contribution < -0.4 is 11.1 Å². The maximum Gasteiger partial charge on any atom is 0.272 e. The molecule has 6 nitrogen and oxygen atoms in total. The number of hydrogen-bond acceptors (Lipinski definition) is 4.